The minimum Gasteiger partial charge on any atom is -0.360 e. The third kappa shape index (κ3) is 3.90. The van der Waals surface area contributed by atoms with Crippen LogP contribution in [0, 0.1) is 5.82 Å². The van der Waals surface area contributed by atoms with Crippen molar-refractivity contribution in [1.29, 1.82) is 0 Å². The van der Waals surface area contributed by atoms with Gasteiger partial charge in [0.25, 0.3) is 15.9 Å². The Bertz CT molecular complexity index is 1250. The second-order valence-corrected chi connectivity index (χ2v) is 8.16. The summed E-state index contributed by atoms with van der Waals surface area (Å²) in [4.78, 5) is 27.6. The van der Waals surface area contributed by atoms with Gasteiger partial charge in [-0.3, -0.25) is 13.9 Å². The lowest BCUT2D eigenvalue weighted by molar-refractivity contribution is 0.0957. The molecule has 1 aromatic heterocycles. The molecule has 0 aliphatic heterocycles. The highest BCUT2D eigenvalue weighted by molar-refractivity contribution is 7.92. The van der Waals surface area contributed by atoms with Gasteiger partial charge in [0.15, 0.2) is 0 Å². The van der Waals surface area contributed by atoms with E-state index in [1.807, 2.05) is 0 Å². The number of carbonyl (C=O) groups is 1. The first kappa shape index (κ1) is 20.3. The summed E-state index contributed by atoms with van der Waals surface area (Å²) in [7, 11) is -2.69. The topological polar surface area (TPSA) is 99.3 Å². The highest BCUT2D eigenvalue weighted by Crippen LogP contribution is 2.24. The lowest BCUT2D eigenvalue weighted by Crippen LogP contribution is -2.29. The predicted molar refractivity (Wildman–Crippen MR) is 109 cm³/mol. The van der Waals surface area contributed by atoms with Crippen LogP contribution in [-0.4, -0.2) is 32.9 Å². The highest BCUT2D eigenvalue weighted by Gasteiger charge is 2.23. The van der Waals surface area contributed by atoms with E-state index in [9.17, 15) is 22.4 Å². The van der Waals surface area contributed by atoms with Crippen LogP contribution in [-0.2, 0) is 10.0 Å². The first-order chi connectivity index (χ1) is 13.8. The Morgan fingerprint density at radius 3 is 2.59 bits per heavy atom. The van der Waals surface area contributed by atoms with Crippen molar-refractivity contribution in [1.82, 2.24) is 10.3 Å². The second kappa shape index (κ2) is 7.88. The Morgan fingerprint density at radius 1 is 1.24 bits per heavy atom. The van der Waals surface area contributed by atoms with E-state index in [-0.39, 0.29) is 28.1 Å². The van der Waals surface area contributed by atoms with Gasteiger partial charge in [0.2, 0.25) is 5.43 Å². The fourth-order valence-electron chi connectivity index (χ4n) is 2.73. The number of benzene rings is 2. The van der Waals surface area contributed by atoms with E-state index in [0.717, 1.165) is 16.4 Å². The number of hydrogen-bond acceptors (Lipinski definition) is 4. The van der Waals surface area contributed by atoms with Gasteiger partial charge in [0.1, 0.15) is 11.4 Å². The number of aromatic nitrogens is 1. The van der Waals surface area contributed by atoms with Gasteiger partial charge >= 0.3 is 0 Å². The van der Waals surface area contributed by atoms with Gasteiger partial charge in [-0.25, -0.2) is 12.8 Å². The van der Waals surface area contributed by atoms with Gasteiger partial charge in [0, 0.05) is 30.7 Å². The fourth-order valence-corrected chi connectivity index (χ4v) is 3.96. The van der Waals surface area contributed by atoms with E-state index in [1.165, 1.54) is 49.7 Å². The Hall–Kier alpha value is -3.46. The number of pyridine rings is 1. The summed E-state index contributed by atoms with van der Waals surface area (Å²) in [5, 5.41) is 2.57. The first-order valence-electron chi connectivity index (χ1n) is 8.54. The number of fused-ring (bicyclic) bond motifs is 1. The summed E-state index contributed by atoms with van der Waals surface area (Å²) in [5.41, 5.74) is -0.0841. The SMILES string of the molecule is C=CCNC(=O)c1c[nH]c2ccc(S(=O)(=O)N(C)c3ccc(F)cc3)cc2c1=O. The molecule has 1 heterocycles. The highest BCUT2D eigenvalue weighted by atomic mass is 32.2. The summed E-state index contributed by atoms with van der Waals surface area (Å²) in [6.07, 6.45) is 2.75. The number of hydrogen-bond donors (Lipinski definition) is 2. The molecular weight excluding hydrogens is 397 g/mol. The molecule has 0 unspecified atom stereocenters. The molecule has 3 aromatic rings. The molecule has 9 heteroatoms. The average molecular weight is 415 g/mol. The molecule has 2 aromatic carbocycles. The van der Waals surface area contributed by atoms with Crippen molar-refractivity contribution in [3.63, 3.8) is 0 Å². The number of carbonyl (C=O) groups excluding carboxylic acids is 1. The van der Waals surface area contributed by atoms with Crippen LogP contribution in [0.5, 0.6) is 0 Å². The second-order valence-electron chi connectivity index (χ2n) is 6.19. The number of halogens is 1. The maximum atomic E-state index is 13.1. The molecule has 3 rings (SSSR count). The quantitative estimate of drug-likeness (QED) is 0.604. The molecule has 0 atom stereocenters. The van der Waals surface area contributed by atoms with Crippen molar-refractivity contribution in [3.05, 3.63) is 82.9 Å². The van der Waals surface area contributed by atoms with Crippen LogP contribution in [0.4, 0.5) is 10.1 Å². The van der Waals surface area contributed by atoms with Crippen LogP contribution in [0.15, 0.2) is 71.0 Å². The number of aromatic amines is 1. The maximum Gasteiger partial charge on any atom is 0.264 e. The monoisotopic (exact) mass is 415 g/mol. The Balaban J connectivity index is 2.06. The molecule has 0 saturated carbocycles. The molecule has 0 aliphatic rings. The minimum absolute atomic E-state index is 0.0600. The smallest absolute Gasteiger partial charge is 0.264 e. The largest absolute Gasteiger partial charge is 0.360 e. The van der Waals surface area contributed by atoms with E-state index in [0.29, 0.717) is 5.52 Å². The van der Waals surface area contributed by atoms with Crippen LogP contribution in [0.2, 0.25) is 0 Å². The predicted octanol–water partition coefficient (Wildman–Crippen LogP) is 2.41. The fraction of sp³-hybridized carbons (Fsp3) is 0.100. The Morgan fingerprint density at radius 2 is 1.93 bits per heavy atom. The summed E-state index contributed by atoms with van der Waals surface area (Å²) in [6, 6.07) is 9.00. The van der Waals surface area contributed by atoms with Gasteiger partial charge in [0.05, 0.1) is 10.6 Å². The van der Waals surface area contributed by atoms with Gasteiger partial charge in [-0.05, 0) is 42.5 Å². The molecule has 0 radical (unpaired) electrons. The molecule has 1 amide bonds. The minimum atomic E-state index is -4.02. The van der Waals surface area contributed by atoms with Gasteiger partial charge < -0.3 is 10.3 Å². The molecule has 0 fully saturated rings. The summed E-state index contributed by atoms with van der Waals surface area (Å²) >= 11 is 0. The summed E-state index contributed by atoms with van der Waals surface area (Å²) < 4.78 is 40.0. The molecule has 7 nitrogen and oxygen atoms in total. The van der Waals surface area contributed by atoms with E-state index in [1.54, 1.807) is 0 Å². The zero-order valence-electron chi connectivity index (χ0n) is 15.5. The van der Waals surface area contributed by atoms with Gasteiger partial charge in [-0.1, -0.05) is 6.08 Å². The number of H-pyrrole nitrogens is 1. The van der Waals surface area contributed by atoms with Crippen LogP contribution >= 0.6 is 0 Å². The standard InChI is InChI=1S/C20H18FN3O4S/c1-3-10-22-20(26)17-12-23-18-9-8-15(11-16(18)19(17)25)29(27,28)24(2)14-6-4-13(21)5-7-14/h3-9,11-12H,1,10H2,2H3,(H,22,26)(H,23,25). The molecular formula is C20H18FN3O4S. The number of amides is 1. The van der Waals surface area contributed by atoms with Gasteiger partial charge in [-0.15, -0.1) is 6.58 Å². The van der Waals surface area contributed by atoms with Crippen molar-refractivity contribution in [2.24, 2.45) is 0 Å². The summed E-state index contributed by atoms with van der Waals surface area (Å²) in [5.74, 6) is -1.08. The maximum absolute atomic E-state index is 13.1. The van der Waals surface area contributed by atoms with Crippen molar-refractivity contribution < 1.29 is 17.6 Å². The number of anilines is 1. The molecule has 2 N–H and O–H groups in total. The third-order valence-electron chi connectivity index (χ3n) is 4.35. The van der Waals surface area contributed by atoms with E-state index < -0.39 is 27.2 Å². The Labute approximate surface area is 166 Å². The van der Waals surface area contributed by atoms with Crippen LogP contribution in [0.3, 0.4) is 0 Å². The number of rotatable bonds is 6. The molecule has 0 bridgehead atoms. The normalized spacial score (nSPS) is 11.2. The molecule has 0 saturated heterocycles. The molecule has 0 aliphatic carbocycles. The number of sulfonamides is 1. The average Bonchev–Trinajstić information content (AvgIpc) is 2.72. The molecule has 0 spiro atoms. The van der Waals surface area contributed by atoms with Crippen molar-refractivity contribution in [2.75, 3.05) is 17.9 Å². The van der Waals surface area contributed by atoms with E-state index in [4.69, 9.17) is 0 Å². The zero-order chi connectivity index (χ0) is 21.2. The molecule has 150 valence electrons. The number of nitrogens with zero attached hydrogens (tertiary/aromatic N) is 1. The Kier molecular flexibility index (Phi) is 5.51. The van der Waals surface area contributed by atoms with Gasteiger partial charge in [-0.2, -0.15) is 0 Å². The van der Waals surface area contributed by atoms with E-state index >= 15 is 0 Å². The lowest BCUT2D eigenvalue weighted by Gasteiger charge is -2.19. The van der Waals surface area contributed by atoms with Crippen LogP contribution in [0.1, 0.15) is 10.4 Å². The molecule has 29 heavy (non-hydrogen) atoms. The zero-order valence-corrected chi connectivity index (χ0v) is 16.3. The van der Waals surface area contributed by atoms with Crippen LogP contribution < -0.4 is 15.1 Å². The summed E-state index contributed by atoms with van der Waals surface area (Å²) in [6.45, 7) is 3.68. The van der Waals surface area contributed by atoms with Crippen molar-refractivity contribution >= 4 is 32.5 Å². The van der Waals surface area contributed by atoms with Crippen LogP contribution in [0.25, 0.3) is 10.9 Å². The van der Waals surface area contributed by atoms with Crippen molar-refractivity contribution in [2.45, 2.75) is 4.90 Å². The van der Waals surface area contributed by atoms with E-state index in [2.05, 4.69) is 16.9 Å². The van der Waals surface area contributed by atoms with Crippen molar-refractivity contribution in [3.8, 4) is 0 Å². The lowest BCUT2D eigenvalue weighted by atomic mass is 10.1. The first-order valence-corrected chi connectivity index (χ1v) is 9.98. The third-order valence-corrected chi connectivity index (χ3v) is 6.13. The number of nitrogens with one attached hydrogen (secondary N) is 2.